The predicted octanol–water partition coefficient (Wildman–Crippen LogP) is 1.92. The summed E-state index contributed by atoms with van der Waals surface area (Å²) in [6, 6.07) is 9.04. The molecule has 1 aromatic carbocycles. The highest BCUT2D eigenvalue weighted by Gasteiger charge is 2.21. The van der Waals surface area contributed by atoms with E-state index < -0.39 is 0 Å². The molecule has 0 aromatic heterocycles. The lowest BCUT2D eigenvalue weighted by atomic mass is 10.1. The van der Waals surface area contributed by atoms with Crippen molar-refractivity contribution in [2.24, 2.45) is 0 Å². The van der Waals surface area contributed by atoms with E-state index in [2.05, 4.69) is 6.07 Å². The normalized spacial score (nSPS) is 13.8. The van der Waals surface area contributed by atoms with Crippen LogP contribution in [0.5, 0.6) is 0 Å². The maximum absolute atomic E-state index is 12.1. The van der Waals surface area contributed by atoms with Gasteiger partial charge < -0.3 is 9.80 Å². The number of nitrogens with zero attached hydrogens (tertiary/aromatic N) is 3. The molecule has 1 aromatic rings. The number of hydrogen-bond acceptors (Lipinski definition) is 3. The average Bonchev–Trinajstić information content (AvgIpc) is 3.01. The number of benzene rings is 1. The molecule has 0 bridgehead atoms. The summed E-state index contributed by atoms with van der Waals surface area (Å²) in [4.78, 5) is 27.3. The first-order valence-corrected chi connectivity index (χ1v) is 7.18. The number of hydrogen-bond donors (Lipinski definition) is 0. The van der Waals surface area contributed by atoms with Crippen LogP contribution in [0.1, 0.15) is 31.7 Å². The van der Waals surface area contributed by atoms with E-state index in [0.29, 0.717) is 24.2 Å². The minimum absolute atomic E-state index is 0.0770. The van der Waals surface area contributed by atoms with Crippen LogP contribution in [0.2, 0.25) is 0 Å². The third-order valence-corrected chi connectivity index (χ3v) is 3.70. The number of anilines is 1. The maximum atomic E-state index is 12.1. The molecule has 0 aliphatic carbocycles. The zero-order valence-corrected chi connectivity index (χ0v) is 12.2. The molecule has 5 nitrogen and oxygen atoms in total. The zero-order chi connectivity index (χ0) is 15.2. The minimum atomic E-state index is -0.160. The summed E-state index contributed by atoms with van der Waals surface area (Å²) in [5.41, 5.74) is 1.02. The van der Waals surface area contributed by atoms with Crippen LogP contribution in [0.25, 0.3) is 0 Å². The second-order valence-corrected chi connectivity index (χ2v) is 5.14. The quantitative estimate of drug-likeness (QED) is 0.849. The van der Waals surface area contributed by atoms with Crippen molar-refractivity contribution in [3.05, 3.63) is 29.8 Å². The fraction of sp³-hybridized carbons (Fsp3) is 0.438. The molecule has 0 saturated carbocycles. The van der Waals surface area contributed by atoms with Gasteiger partial charge in [-0.3, -0.25) is 9.59 Å². The van der Waals surface area contributed by atoms with Crippen molar-refractivity contribution in [3.8, 4) is 6.07 Å². The lowest BCUT2D eigenvalue weighted by Gasteiger charge is -2.23. The first kappa shape index (κ1) is 15.0. The van der Waals surface area contributed by atoms with Crippen molar-refractivity contribution in [1.82, 2.24) is 4.90 Å². The highest BCUT2D eigenvalue weighted by atomic mass is 16.2. The third kappa shape index (κ3) is 3.60. The van der Waals surface area contributed by atoms with Crippen LogP contribution in [0.3, 0.4) is 0 Å². The van der Waals surface area contributed by atoms with Gasteiger partial charge in [0.2, 0.25) is 11.8 Å². The van der Waals surface area contributed by atoms with Crippen LogP contribution in [0.15, 0.2) is 24.3 Å². The van der Waals surface area contributed by atoms with E-state index in [0.717, 1.165) is 25.9 Å². The molecule has 0 atom stereocenters. The zero-order valence-electron chi connectivity index (χ0n) is 12.2. The Morgan fingerprint density at radius 1 is 1.29 bits per heavy atom. The van der Waals surface area contributed by atoms with Gasteiger partial charge in [0.25, 0.3) is 0 Å². The number of likely N-dealkylation sites (tertiary alicyclic amines) is 1. The predicted molar refractivity (Wildman–Crippen MR) is 79.6 cm³/mol. The molecule has 2 amide bonds. The molecule has 0 N–H and O–H groups in total. The molecular weight excluding hydrogens is 266 g/mol. The van der Waals surface area contributed by atoms with Crippen molar-refractivity contribution in [1.29, 1.82) is 5.26 Å². The molecule has 0 radical (unpaired) electrons. The number of para-hydroxylation sites is 1. The summed E-state index contributed by atoms with van der Waals surface area (Å²) in [5, 5.41) is 9.14. The van der Waals surface area contributed by atoms with Crippen LogP contribution < -0.4 is 4.90 Å². The van der Waals surface area contributed by atoms with Crippen molar-refractivity contribution in [2.45, 2.75) is 26.2 Å². The number of rotatable bonds is 4. The minimum Gasteiger partial charge on any atom is -0.343 e. The summed E-state index contributed by atoms with van der Waals surface area (Å²) in [5.74, 6) is -0.0832. The van der Waals surface area contributed by atoms with Gasteiger partial charge in [-0.1, -0.05) is 12.1 Å². The first-order chi connectivity index (χ1) is 10.1. The molecule has 1 saturated heterocycles. The Morgan fingerprint density at radius 3 is 2.57 bits per heavy atom. The lowest BCUT2D eigenvalue weighted by molar-refractivity contribution is -0.129. The maximum Gasteiger partial charge on any atom is 0.224 e. The third-order valence-electron chi connectivity index (χ3n) is 3.70. The lowest BCUT2D eigenvalue weighted by Crippen LogP contribution is -2.35. The van der Waals surface area contributed by atoms with E-state index in [1.165, 1.54) is 11.8 Å². The van der Waals surface area contributed by atoms with Crippen LogP contribution in [-0.2, 0) is 9.59 Å². The summed E-state index contributed by atoms with van der Waals surface area (Å²) >= 11 is 0. The molecule has 0 spiro atoms. The highest BCUT2D eigenvalue weighted by Crippen LogP contribution is 2.20. The summed E-state index contributed by atoms with van der Waals surface area (Å²) in [6.45, 7) is 3.39. The molecule has 1 aliphatic rings. The van der Waals surface area contributed by atoms with Gasteiger partial charge in [-0.15, -0.1) is 0 Å². The second-order valence-electron chi connectivity index (χ2n) is 5.14. The van der Waals surface area contributed by atoms with Crippen molar-refractivity contribution in [3.63, 3.8) is 0 Å². The molecule has 1 heterocycles. The van der Waals surface area contributed by atoms with Crippen LogP contribution >= 0.6 is 0 Å². The average molecular weight is 285 g/mol. The molecule has 110 valence electrons. The van der Waals surface area contributed by atoms with Gasteiger partial charge in [0.15, 0.2) is 0 Å². The number of carbonyl (C=O) groups excluding carboxylic acids is 2. The van der Waals surface area contributed by atoms with Gasteiger partial charge in [-0.25, -0.2) is 0 Å². The molecule has 0 unspecified atom stereocenters. The second kappa shape index (κ2) is 6.89. The van der Waals surface area contributed by atoms with E-state index in [1.54, 1.807) is 24.3 Å². The Hall–Kier alpha value is -2.35. The van der Waals surface area contributed by atoms with Gasteiger partial charge in [0.05, 0.1) is 11.3 Å². The highest BCUT2D eigenvalue weighted by molar-refractivity contribution is 5.93. The Labute approximate surface area is 124 Å². The van der Waals surface area contributed by atoms with Crippen molar-refractivity contribution < 1.29 is 9.59 Å². The summed E-state index contributed by atoms with van der Waals surface area (Å²) in [6.07, 6.45) is 2.40. The van der Waals surface area contributed by atoms with Gasteiger partial charge in [-0.05, 0) is 25.0 Å². The van der Waals surface area contributed by atoms with E-state index in [4.69, 9.17) is 5.26 Å². The molecule has 5 heteroatoms. The van der Waals surface area contributed by atoms with Crippen LogP contribution in [-0.4, -0.2) is 36.3 Å². The molecule has 1 fully saturated rings. The van der Waals surface area contributed by atoms with Gasteiger partial charge >= 0.3 is 0 Å². The Kier molecular flexibility index (Phi) is 4.94. The summed E-state index contributed by atoms with van der Waals surface area (Å²) in [7, 11) is 0. The number of nitriles is 1. The van der Waals surface area contributed by atoms with E-state index in [1.807, 2.05) is 4.90 Å². The van der Waals surface area contributed by atoms with Gasteiger partial charge in [0, 0.05) is 33.0 Å². The first-order valence-electron chi connectivity index (χ1n) is 7.18. The van der Waals surface area contributed by atoms with Crippen molar-refractivity contribution >= 4 is 17.5 Å². The Morgan fingerprint density at radius 2 is 1.95 bits per heavy atom. The fourth-order valence-corrected chi connectivity index (χ4v) is 2.58. The molecule has 1 aliphatic heterocycles. The molecular formula is C16H19N3O2. The standard InChI is InChI=1S/C16H19N3O2/c1-13(20)19(15-7-3-2-6-14(15)12-17)11-8-16(21)18-9-4-5-10-18/h2-3,6-7H,4-5,8-11H2,1H3. The van der Waals surface area contributed by atoms with Crippen molar-refractivity contribution in [2.75, 3.05) is 24.5 Å². The number of amides is 2. The number of carbonyl (C=O) groups is 2. The van der Waals surface area contributed by atoms with Crippen LogP contribution in [0, 0.1) is 11.3 Å². The van der Waals surface area contributed by atoms with Crippen LogP contribution in [0.4, 0.5) is 5.69 Å². The molecule has 21 heavy (non-hydrogen) atoms. The van der Waals surface area contributed by atoms with E-state index in [9.17, 15) is 9.59 Å². The van der Waals surface area contributed by atoms with E-state index in [-0.39, 0.29) is 11.8 Å². The fourth-order valence-electron chi connectivity index (χ4n) is 2.58. The largest absolute Gasteiger partial charge is 0.343 e. The summed E-state index contributed by atoms with van der Waals surface area (Å²) < 4.78 is 0. The SMILES string of the molecule is CC(=O)N(CCC(=O)N1CCCC1)c1ccccc1C#N. The Bertz CT molecular complexity index is 571. The van der Waals surface area contributed by atoms with Gasteiger partial charge in [-0.2, -0.15) is 5.26 Å². The Balaban J connectivity index is 2.07. The smallest absolute Gasteiger partial charge is 0.224 e. The molecule has 2 rings (SSSR count). The van der Waals surface area contributed by atoms with E-state index >= 15 is 0 Å². The van der Waals surface area contributed by atoms with Gasteiger partial charge in [0.1, 0.15) is 6.07 Å². The monoisotopic (exact) mass is 285 g/mol. The topological polar surface area (TPSA) is 64.4 Å².